The van der Waals surface area contributed by atoms with E-state index in [1.54, 1.807) is 0 Å². The van der Waals surface area contributed by atoms with Crippen LogP contribution in [0.4, 0.5) is 0 Å². The summed E-state index contributed by atoms with van der Waals surface area (Å²) in [7, 11) is -5.48. The number of amides is 2. The fraction of sp³-hybridized carbons (Fsp3) is 0.942. The lowest BCUT2D eigenvalue weighted by molar-refractivity contribution is -0.270. The molecule has 1 fully saturated rings. The SMILES string of the molecule is CCCCCCCCCCCCCCCCCC(=O)O[C@H](CCCCCCCCCCC)CC(=O)N[C@@H]1[C@@H](OCCNC(=O)C[C@@H](CCCCCCCCCCC)OC(=O)CCCCCCCCCCCCCCC)O[C@H](CO)[C@@H](OP(=O)(O)O)[C@@H]1OC(=O)C[C@@H](CCCCCCCCCCC)OC(=O)CCCCCCCCCCCCC.CCN(CC)CC. The van der Waals surface area contributed by atoms with Crippen LogP contribution in [-0.2, 0) is 66.3 Å². The van der Waals surface area contributed by atoms with E-state index in [1.165, 1.54) is 270 Å². The van der Waals surface area contributed by atoms with E-state index in [9.17, 15) is 48.2 Å². The summed E-state index contributed by atoms with van der Waals surface area (Å²) in [6.45, 7) is 22.2. The summed E-state index contributed by atoms with van der Waals surface area (Å²) in [5.41, 5.74) is 0. The molecule has 8 atom stereocenters. The minimum absolute atomic E-state index is 0.0783. The predicted octanol–water partition coefficient (Wildman–Crippen LogP) is 28.2. The lowest BCUT2D eigenvalue weighted by atomic mass is 9.96. The highest BCUT2D eigenvalue weighted by atomic mass is 31.2. The second-order valence-electron chi connectivity index (χ2n) is 37.0. The molecule has 0 aromatic carbocycles. The summed E-state index contributed by atoms with van der Waals surface area (Å²) in [6.07, 6.45) is 66.4. The van der Waals surface area contributed by atoms with E-state index in [2.05, 4.69) is 77.8 Å². The Hall–Kier alpha value is -3.23. The van der Waals surface area contributed by atoms with Crippen molar-refractivity contribution in [1.29, 1.82) is 0 Å². The number of rotatable bonds is 93. The van der Waals surface area contributed by atoms with Crippen molar-refractivity contribution in [2.24, 2.45) is 0 Å². The summed E-state index contributed by atoms with van der Waals surface area (Å²) in [5, 5.41) is 16.9. The van der Waals surface area contributed by atoms with Gasteiger partial charge < -0.3 is 58.8 Å². The molecule has 740 valence electrons. The van der Waals surface area contributed by atoms with Crippen LogP contribution in [0.25, 0.3) is 0 Å². The third-order valence-corrected chi connectivity index (χ3v) is 25.7. The first kappa shape index (κ1) is 122. The first-order valence-electron chi connectivity index (χ1n) is 53.6. The molecule has 2 amide bonds. The number of phosphoric ester groups is 1. The number of aliphatic hydroxyl groups is 1. The molecule has 0 saturated carbocycles. The topological polar surface area (TPSA) is 272 Å². The number of nitrogens with one attached hydrogen (secondary N) is 2. The predicted molar refractivity (Wildman–Crippen MR) is 517 cm³/mol. The Morgan fingerprint density at radius 3 is 0.848 bits per heavy atom. The molecule has 1 saturated heterocycles. The van der Waals surface area contributed by atoms with Crippen LogP contribution in [0.15, 0.2) is 0 Å². The fourth-order valence-electron chi connectivity index (χ4n) is 17.2. The van der Waals surface area contributed by atoms with E-state index in [0.717, 1.165) is 148 Å². The van der Waals surface area contributed by atoms with Crippen LogP contribution in [0, 0.1) is 0 Å². The number of carbonyl (C=O) groups excluding carboxylic acids is 6. The molecule has 0 bridgehead atoms. The standard InChI is InChI=1S/C98H187N2O17P.C6H15N/c1-7-13-19-25-31-37-40-42-43-45-48-54-60-65-71-77-92(105)113-86(74-68-62-56-50-35-29-23-17-11-5)82-90(103)100-95-97(116-94(107)83-87(75-69-63-57-51-36-30-24-18-12-6)114-93(106)78-72-66-58-52-46-39-33-27-21-15-9-3)96(117-118(108,109)110)88(84-101)115-98(95)111-80-79-99-89(102)81-85(73-67-61-55-49-34-28-22-16-10-4)112-91(104)76-70-64-59-53-47-44-41-38-32-26-20-14-8-2;1-4-7(5-2)6-3/h85-88,95-98,101H,7-84H2,1-6H3,(H,99,102)(H,100,103)(H2,108,109,110);4-6H2,1-3H3/t85-,86-,87-,88-,95+,96-,97-,98+;/m1./s1. The maximum Gasteiger partial charge on any atom is 0.470 e. The van der Waals surface area contributed by atoms with Crippen LogP contribution < -0.4 is 10.6 Å². The Bertz CT molecular complexity index is 2450. The third kappa shape index (κ3) is 79.1. The summed E-state index contributed by atoms with van der Waals surface area (Å²) in [5.74, 6) is -3.13. The number of carbonyl (C=O) groups is 6. The maximum absolute atomic E-state index is 15.0. The lowest BCUT2D eigenvalue weighted by Crippen LogP contribution is -2.66. The van der Waals surface area contributed by atoms with Gasteiger partial charge in [-0.15, -0.1) is 0 Å². The molecule has 1 aliphatic heterocycles. The van der Waals surface area contributed by atoms with Gasteiger partial charge in [-0.05, 0) is 77.4 Å². The second-order valence-corrected chi connectivity index (χ2v) is 38.1. The summed E-state index contributed by atoms with van der Waals surface area (Å²) >= 11 is 0. The number of nitrogens with zero attached hydrogens (tertiary/aromatic N) is 1. The third-order valence-electron chi connectivity index (χ3n) is 25.2. The summed E-state index contributed by atoms with van der Waals surface area (Å²) in [6, 6.07) is -1.58. The summed E-state index contributed by atoms with van der Waals surface area (Å²) in [4.78, 5) is 108. The second kappa shape index (κ2) is 91.3. The monoisotopic (exact) mass is 1800 g/mol. The van der Waals surface area contributed by atoms with Gasteiger partial charge in [0.25, 0.3) is 0 Å². The van der Waals surface area contributed by atoms with Gasteiger partial charge in [0.15, 0.2) is 12.4 Å². The molecule has 0 unspecified atom stereocenters. The number of hydrogen-bond donors (Lipinski definition) is 5. The van der Waals surface area contributed by atoms with E-state index < -0.39 is 93.6 Å². The molecule has 0 radical (unpaired) electrons. The molecular formula is C104H202N3O17P. The van der Waals surface area contributed by atoms with Crippen molar-refractivity contribution in [3.8, 4) is 0 Å². The lowest BCUT2D eigenvalue weighted by Gasteiger charge is -2.45. The van der Waals surface area contributed by atoms with E-state index >= 15 is 0 Å². The van der Waals surface area contributed by atoms with Gasteiger partial charge in [0.1, 0.15) is 36.6 Å². The first-order chi connectivity index (χ1) is 60.9. The van der Waals surface area contributed by atoms with Crippen LogP contribution in [-0.4, -0.2) is 144 Å². The van der Waals surface area contributed by atoms with E-state index in [4.69, 9.17) is 32.9 Å². The molecule has 125 heavy (non-hydrogen) atoms. The van der Waals surface area contributed by atoms with Crippen LogP contribution in [0.3, 0.4) is 0 Å². The Morgan fingerprint density at radius 1 is 0.336 bits per heavy atom. The highest BCUT2D eigenvalue weighted by Crippen LogP contribution is 2.43. The Labute approximate surface area is 768 Å². The number of esters is 4. The number of unbranched alkanes of at least 4 members (excludes halogenated alkanes) is 60. The van der Waals surface area contributed by atoms with Gasteiger partial charge in [0.05, 0.1) is 32.5 Å². The van der Waals surface area contributed by atoms with Gasteiger partial charge in [0, 0.05) is 25.8 Å². The van der Waals surface area contributed by atoms with Crippen LogP contribution in [0.1, 0.15) is 544 Å². The van der Waals surface area contributed by atoms with E-state index in [-0.39, 0.29) is 57.1 Å². The van der Waals surface area contributed by atoms with Crippen LogP contribution in [0.5, 0.6) is 0 Å². The first-order valence-corrected chi connectivity index (χ1v) is 55.1. The zero-order valence-electron chi connectivity index (χ0n) is 82.8. The smallest absolute Gasteiger partial charge is 0.462 e. The zero-order valence-corrected chi connectivity index (χ0v) is 83.7. The zero-order chi connectivity index (χ0) is 91.8. The van der Waals surface area contributed by atoms with Gasteiger partial charge in [-0.2, -0.15) is 0 Å². The molecule has 5 N–H and O–H groups in total. The number of ether oxygens (including phenoxy) is 6. The molecule has 20 nitrogen and oxygen atoms in total. The van der Waals surface area contributed by atoms with E-state index in [0.29, 0.717) is 44.9 Å². The molecule has 0 aliphatic carbocycles. The molecule has 21 heteroatoms. The molecule has 1 rings (SSSR count). The average molecular weight is 1800 g/mol. The summed E-state index contributed by atoms with van der Waals surface area (Å²) < 4.78 is 55.9. The quantitative estimate of drug-likeness (QED) is 0.0164. The molecule has 0 aromatic heterocycles. The van der Waals surface area contributed by atoms with Gasteiger partial charge in [0.2, 0.25) is 11.8 Å². The minimum atomic E-state index is -5.48. The van der Waals surface area contributed by atoms with Crippen LogP contribution >= 0.6 is 7.82 Å². The minimum Gasteiger partial charge on any atom is -0.462 e. The molecule has 0 spiro atoms. The van der Waals surface area contributed by atoms with Crippen molar-refractivity contribution in [3.05, 3.63) is 0 Å². The number of aliphatic hydroxyl groups excluding tert-OH is 1. The fourth-order valence-corrected chi connectivity index (χ4v) is 17.7. The van der Waals surface area contributed by atoms with Crippen molar-refractivity contribution >= 4 is 43.5 Å². The van der Waals surface area contributed by atoms with Crippen molar-refractivity contribution in [2.75, 3.05) is 39.4 Å². The van der Waals surface area contributed by atoms with Gasteiger partial charge in [-0.25, -0.2) is 4.57 Å². The molecule has 1 aliphatic rings. The van der Waals surface area contributed by atoms with Gasteiger partial charge >= 0.3 is 31.7 Å². The number of hydrogen-bond acceptors (Lipinski definition) is 16. The molecular weight excluding hydrogens is 1590 g/mol. The van der Waals surface area contributed by atoms with Crippen molar-refractivity contribution in [3.63, 3.8) is 0 Å². The van der Waals surface area contributed by atoms with Crippen LogP contribution in [0.2, 0.25) is 0 Å². The molecule has 0 aromatic rings. The maximum atomic E-state index is 15.0. The average Bonchev–Trinajstić information content (AvgIpc) is 0.779. The highest BCUT2D eigenvalue weighted by molar-refractivity contribution is 7.46. The van der Waals surface area contributed by atoms with Gasteiger partial charge in [-0.3, -0.25) is 33.3 Å². The van der Waals surface area contributed by atoms with Crippen molar-refractivity contribution < 1.29 is 81.2 Å². The number of phosphoric acid groups is 1. The normalized spacial score (nSPS) is 16.0. The Morgan fingerprint density at radius 2 is 0.592 bits per heavy atom. The van der Waals surface area contributed by atoms with E-state index in [1.807, 2.05) is 0 Å². The highest BCUT2D eigenvalue weighted by Gasteiger charge is 2.52. The van der Waals surface area contributed by atoms with Crippen molar-refractivity contribution in [2.45, 2.75) is 593 Å². The van der Waals surface area contributed by atoms with Crippen molar-refractivity contribution in [1.82, 2.24) is 15.5 Å². The molecule has 1 heterocycles. The Kier molecular flexibility index (Phi) is 88.9. The largest absolute Gasteiger partial charge is 0.470 e. The van der Waals surface area contributed by atoms with Gasteiger partial charge in [-0.1, -0.05) is 448 Å². The Balaban J connectivity index is 0.0000210.